The van der Waals surface area contributed by atoms with Gasteiger partial charge in [0.15, 0.2) is 18.9 Å². The summed E-state index contributed by atoms with van der Waals surface area (Å²) in [6, 6.07) is -0.997. The predicted octanol–water partition coefficient (Wildman–Crippen LogP) is 11.5. The quantitative estimate of drug-likeness (QED) is 0.0199. The zero-order valence-corrected chi connectivity index (χ0v) is 58.9. The van der Waals surface area contributed by atoms with Gasteiger partial charge >= 0.3 is 0 Å². The van der Waals surface area contributed by atoms with Gasteiger partial charge in [0.2, 0.25) is 5.91 Å². The van der Waals surface area contributed by atoms with Crippen molar-refractivity contribution in [1.29, 1.82) is 0 Å². The van der Waals surface area contributed by atoms with Crippen LogP contribution in [0.15, 0.2) is 60.8 Å². The number of carbonyl (C=O) groups is 1. The van der Waals surface area contributed by atoms with Crippen molar-refractivity contribution in [2.75, 3.05) is 26.4 Å². The molecule has 95 heavy (non-hydrogen) atoms. The van der Waals surface area contributed by atoms with E-state index in [0.717, 1.165) is 51.4 Å². The van der Waals surface area contributed by atoms with Crippen LogP contribution in [0.1, 0.15) is 284 Å². The number of aliphatic hydroxyl groups is 11. The minimum absolute atomic E-state index is 0.233. The van der Waals surface area contributed by atoms with Crippen molar-refractivity contribution >= 4 is 5.91 Å². The molecule has 17 unspecified atom stereocenters. The van der Waals surface area contributed by atoms with Crippen molar-refractivity contribution in [3.63, 3.8) is 0 Å². The van der Waals surface area contributed by atoms with E-state index >= 15 is 0 Å². The first kappa shape index (κ1) is 86.7. The molecule has 0 aromatic rings. The molecule has 0 spiro atoms. The highest BCUT2D eigenvalue weighted by atomic mass is 16.8. The van der Waals surface area contributed by atoms with Gasteiger partial charge in [-0.25, -0.2) is 0 Å². The Balaban J connectivity index is 1.36. The topological polar surface area (TPSA) is 307 Å². The van der Waals surface area contributed by atoms with Crippen LogP contribution in [-0.2, 0) is 33.2 Å². The van der Waals surface area contributed by atoms with Crippen LogP contribution < -0.4 is 5.32 Å². The van der Waals surface area contributed by atoms with E-state index in [4.69, 9.17) is 28.4 Å². The number of ether oxygens (including phenoxy) is 6. The van der Waals surface area contributed by atoms with E-state index in [1.165, 1.54) is 199 Å². The molecule has 3 saturated heterocycles. The Morgan fingerprint density at radius 1 is 0.379 bits per heavy atom. The van der Waals surface area contributed by atoms with E-state index in [2.05, 4.69) is 67.8 Å². The molecule has 12 N–H and O–H groups in total. The fourth-order valence-electron chi connectivity index (χ4n) is 12.6. The molecule has 554 valence electrons. The van der Waals surface area contributed by atoms with Gasteiger partial charge in [-0.05, 0) is 77.0 Å². The molecule has 0 radical (unpaired) electrons. The SMILES string of the molecule is CCCCCCC/C=C\C/C=C\CCCCCCCCCCCCCCCCCCCCCCCC(=O)NC(COC1OC(CO)C(OC2OC(CO)C(OC3OC(CO)C(O)C(O)C3O)C(O)C2O)C(O)C1O)C(O)/C=C/CC/C=C/CC/C=C/CCCCCCCCC. The first-order chi connectivity index (χ1) is 46.3. The number of rotatable bonds is 59. The van der Waals surface area contributed by atoms with E-state index in [9.17, 15) is 61.0 Å². The molecule has 0 aromatic heterocycles. The lowest BCUT2D eigenvalue weighted by Crippen LogP contribution is -2.66. The largest absolute Gasteiger partial charge is 0.394 e. The van der Waals surface area contributed by atoms with Crippen LogP contribution in [-0.4, -0.2) is 193 Å². The number of aliphatic hydroxyl groups excluding tert-OH is 11. The Morgan fingerprint density at radius 2 is 0.705 bits per heavy atom. The second kappa shape index (κ2) is 57.2. The Bertz CT molecular complexity index is 1950. The summed E-state index contributed by atoms with van der Waals surface area (Å²) in [5.74, 6) is -0.287. The van der Waals surface area contributed by atoms with Gasteiger partial charge in [-0.3, -0.25) is 4.79 Å². The highest BCUT2D eigenvalue weighted by Gasteiger charge is 2.53. The van der Waals surface area contributed by atoms with Gasteiger partial charge in [0.1, 0.15) is 73.2 Å². The van der Waals surface area contributed by atoms with Crippen LogP contribution in [0.3, 0.4) is 0 Å². The second-order valence-electron chi connectivity index (χ2n) is 27.1. The highest BCUT2D eigenvalue weighted by Crippen LogP contribution is 2.33. The second-order valence-corrected chi connectivity index (χ2v) is 27.1. The normalized spacial score (nSPS) is 27.5. The molecule has 0 aliphatic carbocycles. The third kappa shape index (κ3) is 38.2. The van der Waals surface area contributed by atoms with Crippen LogP contribution in [0.4, 0.5) is 0 Å². The number of allylic oxidation sites excluding steroid dienone is 9. The number of hydrogen-bond donors (Lipinski definition) is 12. The molecule has 1 amide bonds. The lowest BCUT2D eigenvalue weighted by molar-refractivity contribution is -0.379. The minimum Gasteiger partial charge on any atom is -0.394 e. The maximum atomic E-state index is 13.4. The number of nitrogens with one attached hydrogen (secondary N) is 1. The van der Waals surface area contributed by atoms with Crippen molar-refractivity contribution in [3.05, 3.63) is 60.8 Å². The molecular formula is C76H137NO18. The van der Waals surface area contributed by atoms with Crippen molar-refractivity contribution < 1.29 is 89.4 Å². The van der Waals surface area contributed by atoms with Gasteiger partial charge in [0, 0.05) is 6.42 Å². The smallest absolute Gasteiger partial charge is 0.220 e. The van der Waals surface area contributed by atoms with E-state index < -0.39 is 124 Å². The third-order valence-electron chi connectivity index (χ3n) is 18.8. The molecule has 0 aromatic carbocycles. The molecule has 0 bridgehead atoms. The zero-order valence-electron chi connectivity index (χ0n) is 58.9. The number of hydrogen-bond acceptors (Lipinski definition) is 18. The molecule has 3 heterocycles. The van der Waals surface area contributed by atoms with Gasteiger partial charge in [0.25, 0.3) is 0 Å². The van der Waals surface area contributed by atoms with Crippen LogP contribution in [0.25, 0.3) is 0 Å². The predicted molar refractivity (Wildman–Crippen MR) is 374 cm³/mol. The van der Waals surface area contributed by atoms with Gasteiger partial charge < -0.3 is 89.9 Å². The van der Waals surface area contributed by atoms with Crippen LogP contribution >= 0.6 is 0 Å². The molecule has 3 aliphatic rings. The average Bonchev–Trinajstić information content (AvgIpc) is 0.786. The number of amides is 1. The summed E-state index contributed by atoms with van der Waals surface area (Å²) in [5.41, 5.74) is 0. The van der Waals surface area contributed by atoms with Crippen molar-refractivity contribution in [2.24, 2.45) is 0 Å². The summed E-state index contributed by atoms with van der Waals surface area (Å²) < 4.78 is 34.4. The van der Waals surface area contributed by atoms with E-state index in [0.29, 0.717) is 12.8 Å². The van der Waals surface area contributed by atoms with Gasteiger partial charge in [-0.15, -0.1) is 0 Å². The molecule has 3 fully saturated rings. The van der Waals surface area contributed by atoms with Gasteiger partial charge in [-0.1, -0.05) is 261 Å². The standard InChI is InChI=1S/C76H137NO18/c1-3-5-7-9-11-13-15-17-19-21-22-23-24-25-26-27-28-29-30-31-32-33-34-35-36-38-40-42-44-46-48-50-52-54-64(82)77-59(60(81)53-51-49-47-45-43-41-39-37-20-18-16-14-12-10-8-6-4-2)58-90-74-70(88)67(85)72(62(56-79)92-74)95-76-71(89)68(86)73(63(57-80)93-76)94-75-69(87)66(84)65(83)61(55-78)91-75/h15,17,20-22,37,43,45,51,53,59-63,65-76,78-81,83-89H,3-14,16,18-19,23-36,38-42,44,46-50,52,54-58H2,1-2H3,(H,77,82)/b17-15-,22-21-,37-20+,45-43+,53-51+. The maximum absolute atomic E-state index is 13.4. The minimum atomic E-state index is -1.98. The molecule has 17 atom stereocenters. The fraction of sp³-hybridized carbons (Fsp3) is 0.855. The lowest BCUT2D eigenvalue weighted by atomic mass is 9.96. The van der Waals surface area contributed by atoms with Crippen molar-refractivity contribution in [1.82, 2.24) is 5.32 Å². The third-order valence-corrected chi connectivity index (χ3v) is 18.8. The molecule has 3 aliphatic heterocycles. The fourth-order valence-corrected chi connectivity index (χ4v) is 12.6. The Labute approximate surface area is 573 Å². The number of unbranched alkanes of at least 4 members (excludes halogenated alkanes) is 35. The van der Waals surface area contributed by atoms with Crippen molar-refractivity contribution in [2.45, 2.75) is 388 Å². The molecule has 3 rings (SSSR count). The summed E-state index contributed by atoms with van der Waals surface area (Å²) in [6.45, 7) is 1.71. The zero-order chi connectivity index (χ0) is 68.9. The monoisotopic (exact) mass is 1350 g/mol. The summed E-state index contributed by atoms with van der Waals surface area (Å²) in [4.78, 5) is 13.4. The van der Waals surface area contributed by atoms with Crippen molar-refractivity contribution in [3.8, 4) is 0 Å². The van der Waals surface area contributed by atoms with Gasteiger partial charge in [0.05, 0.1) is 38.6 Å². The lowest BCUT2D eigenvalue weighted by Gasteiger charge is -2.48. The summed E-state index contributed by atoms with van der Waals surface area (Å²) >= 11 is 0. The Hall–Kier alpha value is -2.51. The first-order valence-electron chi connectivity index (χ1n) is 38.0. The molecular weight excluding hydrogens is 1210 g/mol. The summed E-state index contributed by atoms with van der Waals surface area (Å²) in [6.07, 6.45) is 45.0. The molecule has 19 nitrogen and oxygen atoms in total. The van der Waals surface area contributed by atoms with E-state index in [-0.39, 0.29) is 18.9 Å². The summed E-state index contributed by atoms with van der Waals surface area (Å²) in [7, 11) is 0. The average molecular weight is 1350 g/mol. The highest BCUT2D eigenvalue weighted by molar-refractivity contribution is 5.76. The van der Waals surface area contributed by atoms with Crippen LogP contribution in [0, 0.1) is 0 Å². The van der Waals surface area contributed by atoms with Crippen LogP contribution in [0.5, 0.6) is 0 Å². The van der Waals surface area contributed by atoms with Gasteiger partial charge in [-0.2, -0.15) is 0 Å². The maximum Gasteiger partial charge on any atom is 0.220 e. The Morgan fingerprint density at radius 3 is 1.12 bits per heavy atom. The van der Waals surface area contributed by atoms with E-state index in [1.807, 2.05) is 6.08 Å². The Kier molecular flexibility index (Phi) is 52.2. The number of carbonyl (C=O) groups excluding carboxylic acids is 1. The van der Waals surface area contributed by atoms with E-state index in [1.54, 1.807) is 6.08 Å². The van der Waals surface area contributed by atoms with Crippen LogP contribution in [0.2, 0.25) is 0 Å². The molecule has 19 heteroatoms. The summed E-state index contributed by atoms with van der Waals surface area (Å²) in [5, 5.41) is 121. The molecule has 0 saturated carbocycles. The first-order valence-corrected chi connectivity index (χ1v) is 38.0.